The smallest absolute Gasteiger partial charge is 0.182 e. The second-order valence-corrected chi connectivity index (χ2v) is 4.87. The van der Waals surface area contributed by atoms with E-state index in [0.717, 1.165) is 11.4 Å². The summed E-state index contributed by atoms with van der Waals surface area (Å²) in [6, 6.07) is 7.52. The number of nitrogens with zero attached hydrogens (tertiary/aromatic N) is 1. The minimum Gasteiger partial charge on any atom is -0.504 e. The first-order valence-electron chi connectivity index (χ1n) is 6.50. The van der Waals surface area contributed by atoms with Crippen LogP contribution in [-0.2, 0) is 6.54 Å². The number of carbonyl (C=O) groups is 1. The molecule has 0 aliphatic heterocycles. The molecule has 1 aromatic heterocycles. The van der Waals surface area contributed by atoms with Crippen molar-refractivity contribution in [1.82, 2.24) is 4.57 Å². The summed E-state index contributed by atoms with van der Waals surface area (Å²) < 4.78 is 6.72. The largest absolute Gasteiger partial charge is 0.504 e. The summed E-state index contributed by atoms with van der Waals surface area (Å²) in [5.74, 6) is 0.0989. The second kappa shape index (κ2) is 5.83. The number of phenolic OH excluding ortho intramolecular Hbond substituents is 1. The van der Waals surface area contributed by atoms with E-state index in [9.17, 15) is 14.7 Å². The van der Waals surface area contributed by atoms with Gasteiger partial charge in [0.1, 0.15) is 0 Å². The Morgan fingerprint density at radius 3 is 2.33 bits per heavy atom. The molecule has 0 atom stereocenters. The van der Waals surface area contributed by atoms with Gasteiger partial charge in [-0.15, -0.1) is 0 Å². The number of benzene rings is 1. The van der Waals surface area contributed by atoms with Gasteiger partial charge in [0.05, 0.1) is 13.7 Å². The number of rotatable bonds is 4. The molecular weight excluding hydrogens is 270 g/mol. The van der Waals surface area contributed by atoms with E-state index in [1.54, 1.807) is 30.5 Å². The fraction of sp³-hybridized carbons (Fsp3) is 0.250. The quantitative estimate of drug-likeness (QED) is 0.874. The van der Waals surface area contributed by atoms with Crippen LogP contribution in [-0.4, -0.2) is 22.6 Å². The second-order valence-electron chi connectivity index (χ2n) is 4.87. The van der Waals surface area contributed by atoms with E-state index in [4.69, 9.17) is 4.74 Å². The van der Waals surface area contributed by atoms with Gasteiger partial charge in [-0.1, -0.05) is 0 Å². The summed E-state index contributed by atoms with van der Waals surface area (Å²) in [6.07, 6.45) is 0. The van der Waals surface area contributed by atoms with Crippen molar-refractivity contribution in [2.75, 3.05) is 7.11 Å². The average Bonchev–Trinajstić information content (AvgIpc) is 2.42. The number of aromatic nitrogens is 1. The zero-order chi connectivity index (χ0) is 15.6. The number of Topliss-reactive ketones (excluding diaryl/α,β-unsaturated/α-hetero) is 1. The van der Waals surface area contributed by atoms with Crippen molar-refractivity contribution in [3.05, 3.63) is 57.5 Å². The standard InChI is InChI=1S/C16H17NO4/c1-10-6-13(18)7-11(2)17(10)9-15(20)12-4-5-16(21-3)14(19)8-12/h4-8,19H,9H2,1-3H3. The Hall–Kier alpha value is -2.56. The Labute approximate surface area is 122 Å². The third-order valence-corrected chi connectivity index (χ3v) is 3.36. The highest BCUT2D eigenvalue weighted by Gasteiger charge is 2.12. The maximum Gasteiger partial charge on any atom is 0.182 e. The molecule has 0 saturated heterocycles. The predicted molar refractivity (Wildman–Crippen MR) is 79.2 cm³/mol. The number of aromatic hydroxyl groups is 1. The van der Waals surface area contributed by atoms with Crippen molar-refractivity contribution >= 4 is 5.78 Å². The summed E-state index contributed by atoms with van der Waals surface area (Å²) in [5, 5.41) is 9.73. The summed E-state index contributed by atoms with van der Waals surface area (Å²) in [5.41, 5.74) is 1.78. The van der Waals surface area contributed by atoms with Gasteiger partial charge < -0.3 is 14.4 Å². The van der Waals surface area contributed by atoms with E-state index < -0.39 is 0 Å². The van der Waals surface area contributed by atoms with Gasteiger partial charge in [-0.05, 0) is 32.0 Å². The highest BCUT2D eigenvalue weighted by molar-refractivity contribution is 5.96. The third kappa shape index (κ3) is 3.13. The van der Waals surface area contributed by atoms with Crippen LogP contribution in [0.5, 0.6) is 11.5 Å². The lowest BCUT2D eigenvalue weighted by Crippen LogP contribution is -2.18. The lowest BCUT2D eigenvalue weighted by atomic mass is 10.1. The van der Waals surface area contributed by atoms with Crippen LogP contribution in [0.4, 0.5) is 0 Å². The van der Waals surface area contributed by atoms with Crippen LogP contribution >= 0.6 is 0 Å². The fourth-order valence-electron chi connectivity index (χ4n) is 2.24. The number of methoxy groups -OCH3 is 1. The zero-order valence-corrected chi connectivity index (χ0v) is 12.2. The molecule has 1 aromatic carbocycles. The maximum atomic E-state index is 12.3. The molecular formula is C16H17NO4. The van der Waals surface area contributed by atoms with Gasteiger partial charge in [0, 0.05) is 29.1 Å². The molecule has 0 bridgehead atoms. The minimum atomic E-state index is -0.150. The lowest BCUT2D eigenvalue weighted by Gasteiger charge is -2.13. The lowest BCUT2D eigenvalue weighted by molar-refractivity contribution is 0.0970. The average molecular weight is 287 g/mol. The van der Waals surface area contributed by atoms with E-state index in [2.05, 4.69) is 0 Å². The van der Waals surface area contributed by atoms with Gasteiger partial charge in [-0.3, -0.25) is 9.59 Å². The highest BCUT2D eigenvalue weighted by atomic mass is 16.5. The van der Waals surface area contributed by atoms with Gasteiger partial charge >= 0.3 is 0 Å². The van der Waals surface area contributed by atoms with Crippen molar-refractivity contribution in [1.29, 1.82) is 0 Å². The molecule has 2 aromatic rings. The molecule has 1 heterocycles. The van der Waals surface area contributed by atoms with E-state index in [-0.39, 0.29) is 23.5 Å². The Morgan fingerprint density at radius 1 is 1.19 bits per heavy atom. The van der Waals surface area contributed by atoms with Crippen LogP contribution in [0.15, 0.2) is 35.1 Å². The summed E-state index contributed by atoms with van der Waals surface area (Å²) in [7, 11) is 1.45. The molecule has 0 aliphatic carbocycles. The SMILES string of the molecule is COc1ccc(C(=O)Cn2c(C)cc(=O)cc2C)cc1O. The van der Waals surface area contributed by atoms with Crippen LogP contribution in [0, 0.1) is 13.8 Å². The molecule has 0 spiro atoms. The van der Waals surface area contributed by atoms with Gasteiger partial charge in [-0.2, -0.15) is 0 Å². The van der Waals surface area contributed by atoms with Crippen LogP contribution in [0.1, 0.15) is 21.7 Å². The summed E-state index contributed by atoms with van der Waals surface area (Å²) in [6.45, 7) is 3.68. The number of hydrogen-bond acceptors (Lipinski definition) is 4. The molecule has 21 heavy (non-hydrogen) atoms. The minimum absolute atomic E-state index is 0.0725. The number of pyridine rings is 1. The van der Waals surface area contributed by atoms with Crippen molar-refractivity contribution < 1.29 is 14.6 Å². The molecule has 2 rings (SSSR count). The molecule has 5 heteroatoms. The third-order valence-electron chi connectivity index (χ3n) is 3.36. The Bertz CT molecular complexity index is 720. The molecule has 1 N–H and O–H groups in total. The predicted octanol–water partition coefficient (Wildman–Crippen LogP) is 2.06. The summed E-state index contributed by atoms with van der Waals surface area (Å²) in [4.78, 5) is 23.7. The van der Waals surface area contributed by atoms with Crippen molar-refractivity contribution in [3.8, 4) is 11.5 Å². The van der Waals surface area contributed by atoms with Crippen molar-refractivity contribution in [2.24, 2.45) is 0 Å². The van der Waals surface area contributed by atoms with Crippen LogP contribution < -0.4 is 10.2 Å². The van der Waals surface area contributed by atoms with Gasteiger partial charge in [0.25, 0.3) is 0 Å². The van der Waals surface area contributed by atoms with Gasteiger partial charge in [0.15, 0.2) is 22.7 Å². The topological polar surface area (TPSA) is 68.5 Å². The van der Waals surface area contributed by atoms with E-state index in [1.807, 2.05) is 0 Å². The Kier molecular flexibility index (Phi) is 4.12. The molecule has 110 valence electrons. The molecule has 5 nitrogen and oxygen atoms in total. The number of ether oxygens (including phenoxy) is 1. The molecule has 0 saturated carbocycles. The Balaban J connectivity index is 2.30. The zero-order valence-electron chi connectivity index (χ0n) is 12.2. The van der Waals surface area contributed by atoms with Gasteiger partial charge in [0.2, 0.25) is 0 Å². The van der Waals surface area contributed by atoms with Crippen LogP contribution in [0.25, 0.3) is 0 Å². The number of phenols is 1. The number of carbonyl (C=O) groups excluding carboxylic acids is 1. The van der Waals surface area contributed by atoms with E-state index in [0.29, 0.717) is 11.3 Å². The van der Waals surface area contributed by atoms with Gasteiger partial charge in [-0.25, -0.2) is 0 Å². The first-order chi connectivity index (χ1) is 9.92. The van der Waals surface area contributed by atoms with Crippen molar-refractivity contribution in [2.45, 2.75) is 20.4 Å². The number of aryl methyl sites for hydroxylation is 2. The van der Waals surface area contributed by atoms with Crippen LogP contribution in [0.2, 0.25) is 0 Å². The molecule has 0 radical (unpaired) electrons. The fourth-order valence-corrected chi connectivity index (χ4v) is 2.24. The summed E-state index contributed by atoms with van der Waals surface area (Å²) >= 11 is 0. The number of hydrogen-bond donors (Lipinski definition) is 1. The first-order valence-corrected chi connectivity index (χ1v) is 6.50. The van der Waals surface area contributed by atoms with Crippen molar-refractivity contribution in [3.63, 3.8) is 0 Å². The van der Waals surface area contributed by atoms with Crippen LogP contribution in [0.3, 0.4) is 0 Å². The molecule has 0 amide bonds. The normalized spacial score (nSPS) is 10.4. The highest BCUT2D eigenvalue weighted by Crippen LogP contribution is 2.26. The first kappa shape index (κ1) is 14.8. The molecule has 0 aliphatic rings. The van der Waals surface area contributed by atoms with E-state index in [1.165, 1.54) is 25.3 Å². The maximum absolute atomic E-state index is 12.3. The Morgan fingerprint density at radius 2 is 1.81 bits per heavy atom. The number of ketones is 1. The monoisotopic (exact) mass is 287 g/mol. The molecule has 0 unspecified atom stereocenters. The molecule has 0 fully saturated rings. The van der Waals surface area contributed by atoms with E-state index >= 15 is 0 Å².